The van der Waals surface area contributed by atoms with Crippen LogP contribution in [-0.4, -0.2) is 30.0 Å². The van der Waals surface area contributed by atoms with E-state index in [1.165, 1.54) is 7.11 Å². The third-order valence-electron chi connectivity index (χ3n) is 4.12. The van der Waals surface area contributed by atoms with Crippen LogP contribution < -0.4 is 15.0 Å². The zero-order valence-corrected chi connectivity index (χ0v) is 16.7. The van der Waals surface area contributed by atoms with E-state index in [0.717, 1.165) is 5.56 Å². The Bertz CT molecular complexity index is 979. The Labute approximate surface area is 169 Å². The van der Waals surface area contributed by atoms with Crippen LogP contribution in [0.2, 0.25) is 5.02 Å². The molecule has 1 amide bonds. The molecule has 0 aliphatic carbocycles. The molecule has 144 valence electrons. The minimum Gasteiger partial charge on any atom is -0.495 e. The predicted octanol–water partition coefficient (Wildman–Crippen LogP) is 4.34. The molecule has 1 N–H and O–H groups in total. The highest BCUT2D eigenvalue weighted by molar-refractivity contribution is 6.32. The lowest BCUT2D eigenvalue weighted by molar-refractivity contribution is 0.102. The second-order valence-corrected chi connectivity index (χ2v) is 6.71. The lowest BCUT2D eigenvalue weighted by Gasteiger charge is -2.19. The summed E-state index contributed by atoms with van der Waals surface area (Å²) in [5.74, 6) is 1.41. The number of aromatic nitrogens is 2. The van der Waals surface area contributed by atoms with Crippen LogP contribution in [0.4, 0.5) is 11.5 Å². The second kappa shape index (κ2) is 8.71. The maximum atomic E-state index is 12.7. The number of ether oxygens (including phenoxy) is 1. The summed E-state index contributed by atoms with van der Waals surface area (Å²) in [7, 11) is 3.47. The number of aryl methyl sites for hydroxylation is 1. The van der Waals surface area contributed by atoms with Gasteiger partial charge in [-0.2, -0.15) is 0 Å². The van der Waals surface area contributed by atoms with Gasteiger partial charge in [0, 0.05) is 25.3 Å². The third kappa shape index (κ3) is 4.78. The zero-order chi connectivity index (χ0) is 20.1. The summed E-state index contributed by atoms with van der Waals surface area (Å²) in [4.78, 5) is 23.4. The molecule has 0 saturated heterocycles. The first-order valence-corrected chi connectivity index (χ1v) is 9.09. The van der Waals surface area contributed by atoms with Crippen molar-refractivity contribution < 1.29 is 9.53 Å². The van der Waals surface area contributed by atoms with Crippen LogP contribution in [0.3, 0.4) is 0 Å². The van der Waals surface area contributed by atoms with Gasteiger partial charge in [0.15, 0.2) is 0 Å². The molecule has 0 fully saturated rings. The number of hydrogen-bond acceptors (Lipinski definition) is 5. The highest BCUT2D eigenvalue weighted by atomic mass is 35.5. The number of rotatable bonds is 6. The van der Waals surface area contributed by atoms with Gasteiger partial charge in [-0.15, -0.1) is 0 Å². The fourth-order valence-electron chi connectivity index (χ4n) is 2.74. The lowest BCUT2D eigenvalue weighted by Crippen LogP contribution is -2.21. The van der Waals surface area contributed by atoms with Crippen molar-refractivity contribution in [2.45, 2.75) is 13.5 Å². The number of nitrogens with zero attached hydrogens (tertiary/aromatic N) is 3. The van der Waals surface area contributed by atoms with Gasteiger partial charge < -0.3 is 15.0 Å². The number of anilines is 2. The van der Waals surface area contributed by atoms with Crippen molar-refractivity contribution in [2.24, 2.45) is 0 Å². The van der Waals surface area contributed by atoms with Gasteiger partial charge in [0.05, 0.1) is 12.1 Å². The summed E-state index contributed by atoms with van der Waals surface area (Å²) in [5.41, 5.74) is 2.00. The molecule has 1 heterocycles. The first-order chi connectivity index (χ1) is 13.5. The number of carbonyl (C=O) groups is 1. The van der Waals surface area contributed by atoms with Crippen LogP contribution in [0.5, 0.6) is 5.75 Å². The van der Waals surface area contributed by atoms with Crippen molar-refractivity contribution in [1.82, 2.24) is 9.97 Å². The minimum absolute atomic E-state index is 0.286. The van der Waals surface area contributed by atoms with E-state index in [0.29, 0.717) is 34.6 Å². The Morgan fingerprint density at radius 3 is 2.57 bits per heavy atom. The fourth-order valence-corrected chi connectivity index (χ4v) is 3.00. The molecule has 6 nitrogen and oxygen atoms in total. The zero-order valence-electron chi connectivity index (χ0n) is 15.9. The molecule has 0 saturated carbocycles. The molecule has 1 aromatic heterocycles. The Hall–Kier alpha value is -3.12. The van der Waals surface area contributed by atoms with Gasteiger partial charge in [0.2, 0.25) is 0 Å². The molecule has 0 aliphatic rings. The van der Waals surface area contributed by atoms with Crippen molar-refractivity contribution in [3.05, 3.63) is 76.7 Å². The molecule has 28 heavy (non-hydrogen) atoms. The van der Waals surface area contributed by atoms with Gasteiger partial charge >= 0.3 is 0 Å². The number of amides is 1. The number of halogens is 1. The normalized spacial score (nSPS) is 10.4. The average Bonchev–Trinajstić information content (AvgIpc) is 2.68. The number of methoxy groups -OCH3 is 1. The molecular weight excluding hydrogens is 376 g/mol. The summed E-state index contributed by atoms with van der Waals surface area (Å²) in [5, 5.41) is 3.22. The number of carbonyl (C=O) groups excluding carboxylic acids is 1. The highest BCUT2D eigenvalue weighted by Gasteiger charge is 2.14. The van der Waals surface area contributed by atoms with Gasteiger partial charge in [0.1, 0.15) is 23.1 Å². The summed E-state index contributed by atoms with van der Waals surface area (Å²) in [6, 6.07) is 16.8. The Morgan fingerprint density at radius 1 is 1.14 bits per heavy atom. The third-order valence-corrected chi connectivity index (χ3v) is 4.42. The number of nitrogens with one attached hydrogen (secondary N) is 1. The van der Waals surface area contributed by atoms with Crippen LogP contribution in [0.1, 0.15) is 21.9 Å². The Balaban J connectivity index is 1.78. The summed E-state index contributed by atoms with van der Waals surface area (Å²) >= 11 is 6.12. The second-order valence-electron chi connectivity index (χ2n) is 6.30. The fraction of sp³-hybridized carbons (Fsp3) is 0.190. The topological polar surface area (TPSA) is 67.3 Å². The van der Waals surface area contributed by atoms with Gasteiger partial charge in [0.25, 0.3) is 5.91 Å². The standard InChI is InChI=1S/C21H21ClN4O2/c1-14-23-18(21(27)25-16-9-10-19(28-3)17(22)11-16)12-20(24-14)26(2)13-15-7-5-4-6-8-15/h4-12H,13H2,1-3H3,(H,25,27). The van der Waals surface area contributed by atoms with Crippen molar-refractivity contribution >= 4 is 29.0 Å². The molecule has 0 aliphatic heterocycles. The largest absolute Gasteiger partial charge is 0.495 e. The first-order valence-electron chi connectivity index (χ1n) is 8.72. The van der Waals surface area contributed by atoms with E-state index in [2.05, 4.69) is 15.3 Å². The maximum absolute atomic E-state index is 12.7. The first kappa shape index (κ1) is 19.6. The van der Waals surface area contributed by atoms with Gasteiger partial charge in [-0.1, -0.05) is 41.9 Å². The molecule has 0 atom stereocenters. The lowest BCUT2D eigenvalue weighted by atomic mass is 10.2. The smallest absolute Gasteiger partial charge is 0.274 e. The van der Waals surface area contributed by atoms with Crippen LogP contribution >= 0.6 is 11.6 Å². The quantitative estimate of drug-likeness (QED) is 0.671. The van der Waals surface area contributed by atoms with Crippen molar-refractivity contribution in [3.8, 4) is 5.75 Å². The molecule has 0 spiro atoms. The Kier molecular flexibility index (Phi) is 6.11. The van der Waals surface area contributed by atoms with Crippen LogP contribution in [0.25, 0.3) is 0 Å². The van der Waals surface area contributed by atoms with Gasteiger partial charge in [-0.25, -0.2) is 9.97 Å². The molecule has 3 rings (SSSR count). The average molecular weight is 397 g/mol. The number of benzene rings is 2. The predicted molar refractivity (Wildman–Crippen MR) is 111 cm³/mol. The summed E-state index contributed by atoms with van der Waals surface area (Å²) < 4.78 is 5.13. The monoisotopic (exact) mass is 396 g/mol. The van der Waals surface area contributed by atoms with Crippen LogP contribution in [-0.2, 0) is 6.54 Å². The highest BCUT2D eigenvalue weighted by Crippen LogP contribution is 2.27. The van der Waals surface area contributed by atoms with E-state index in [-0.39, 0.29) is 11.6 Å². The van der Waals surface area contributed by atoms with Crippen LogP contribution in [0, 0.1) is 6.92 Å². The van der Waals surface area contributed by atoms with E-state index in [4.69, 9.17) is 16.3 Å². The van der Waals surface area contributed by atoms with Crippen LogP contribution in [0.15, 0.2) is 54.6 Å². The summed E-state index contributed by atoms with van der Waals surface area (Å²) in [6.07, 6.45) is 0. The van der Waals surface area contributed by atoms with Gasteiger partial charge in [-0.05, 0) is 30.7 Å². The van der Waals surface area contributed by atoms with Crippen molar-refractivity contribution in [2.75, 3.05) is 24.4 Å². The SMILES string of the molecule is COc1ccc(NC(=O)c2cc(N(C)Cc3ccccc3)nc(C)n2)cc1Cl. The molecule has 0 radical (unpaired) electrons. The number of hydrogen-bond donors (Lipinski definition) is 1. The molecule has 0 bridgehead atoms. The Morgan fingerprint density at radius 2 is 1.89 bits per heavy atom. The molecule has 7 heteroatoms. The molecule has 2 aromatic carbocycles. The minimum atomic E-state index is -0.332. The van der Waals surface area contributed by atoms with E-state index in [1.54, 1.807) is 31.2 Å². The van der Waals surface area contributed by atoms with E-state index < -0.39 is 0 Å². The molecular formula is C21H21ClN4O2. The summed E-state index contributed by atoms with van der Waals surface area (Å²) in [6.45, 7) is 2.44. The maximum Gasteiger partial charge on any atom is 0.274 e. The van der Waals surface area contributed by atoms with Gasteiger partial charge in [-0.3, -0.25) is 4.79 Å². The van der Waals surface area contributed by atoms with Crippen molar-refractivity contribution in [1.29, 1.82) is 0 Å². The molecule has 3 aromatic rings. The molecule has 0 unspecified atom stereocenters. The van der Waals surface area contributed by atoms with E-state index in [9.17, 15) is 4.79 Å². The van der Waals surface area contributed by atoms with E-state index in [1.807, 2.05) is 42.3 Å². The van der Waals surface area contributed by atoms with Crippen molar-refractivity contribution in [3.63, 3.8) is 0 Å². The van der Waals surface area contributed by atoms with E-state index >= 15 is 0 Å².